The summed E-state index contributed by atoms with van der Waals surface area (Å²) in [6, 6.07) is 8.41. The summed E-state index contributed by atoms with van der Waals surface area (Å²) in [7, 11) is 0. The SMILES string of the molecule is CCCOc1ccc(CNCCCCC(C)C)cc1. The smallest absolute Gasteiger partial charge is 0.119 e. The summed E-state index contributed by atoms with van der Waals surface area (Å²) >= 11 is 0. The van der Waals surface area contributed by atoms with E-state index in [4.69, 9.17) is 4.74 Å². The Labute approximate surface area is 118 Å². The summed E-state index contributed by atoms with van der Waals surface area (Å²) in [5.74, 6) is 1.80. The number of unbranched alkanes of at least 4 members (excludes halogenated alkanes) is 1. The molecule has 0 aliphatic rings. The van der Waals surface area contributed by atoms with Crippen LogP contribution in [0, 0.1) is 5.92 Å². The highest BCUT2D eigenvalue weighted by Gasteiger charge is 1.96. The van der Waals surface area contributed by atoms with Crippen LogP contribution >= 0.6 is 0 Å². The molecule has 0 amide bonds. The Kier molecular flexibility index (Phi) is 8.31. The summed E-state index contributed by atoms with van der Waals surface area (Å²) in [4.78, 5) is 0. The van der Waals surface area contributed by atoms with Crippen LogP contribution in [0.1, 0.15) is 52.0 Å². The van der Waals surface area contributed by atoms with Gasteiger partial charge in [0.2, 0.25) is 0 Å². The summed E-state index contributed by atoms with van der Waals surface area (Å²) in [5.41, 5.74) is 1.33. The van der Waals surface area contributed by atoms with E-state index in [1.54, 1.807) is 0 Å². The Hall–Kier alpha value is -1.02. The number of benzene rings is 1. The van der Waals surface area contributed by atoms with Crippen molar-refractivity contribution in [3.8, 4) is 5.75 Å². The van der Waals surface area contributed by atoms with Crippen molar-refractivity contribution < 1.29 is 4.74 Å². The molecule has 0 aliphatic carbocycles. The van der Waals surface area contributed by atoms with E-state index in [1.807, 2.05) is 0 Å². The van der Waals surface area contributed by atoms with Crippen molar-refractivity contribution in [3.05, 3.63) is 29.8 Å². The molecule has 108 valence electrons. The average Bonchev–Trinajstić information content (AvgIpc) is 2.41. The Morgan fingerprint density at radius 3 is 2.47 bits per heavy atom. The van der Waals surface area contributed by atoms with Gasteiger partial charge in [0.15, 0.2) is 0 Å². The number of nitrogens with one attached hydrogen (secondary N) is 1. The van der Waals surface area contributed by atoms with E-state index in [-0.39, 0.29) is 0 Å². The Morgan fingerprint density at radius 2 is 1.84 bits per heavy atom. The van der Waals surface area contributed by atoms with Gasteiger partial charge in [-0.05, 0) is 43.0 Å². The second kappa shape index (κ2) is 9.85. The van der Waals surface area contributed by atoms with Crippen LogP contribution < -0.4 is 10.1 Å². The molecule has 0 saturated heterocycles. The molecule has 0 unspecified atom stereocenters. The summed E-state index contributed by atoms with van der Waals surface area (Å²) in [6.45, 7) is 9.56. The molecule has 0 heterocycles. The maximum Gasteiger partial charge on any atom is 0.119 e. The van der Waals surface area contributed by atoms with Crippen molar-refractivity contribution in [2.75, 3.05) is 13.2 Å². The number of hydrogen-bond acceptors (Lipinski definition) is 2. The molecular formula is C17H29NO. The van der Waals surface area contributed by atoms with Crippen molar-refractivity contribution in [3.63, 3.8) is 0 Å². The zero-order valence-corrected chi connectivity index (χ0v) is 12.7. The van der Waals surface area contributed by atoms with E-state index in [0.29, 0.717) is 0 Å². The van der Waals surface area contributed by atoms with Crippen LogP contribution in [0.4, 0.5) is 0 Å². The Morgan fingerprint density at radius 1 is 1.11 bits per heavy atom. The lowest BCUT2D eigenvalue weighted by molar-refractivity contribution is 0.317. The zero-order valence-electron chi connectivity index (χ0n) is 12.7. The second-order valence-corrected chi connectivity index (χ2v) is 5.56. The number of ether oxygens (including phenoxy) is 1. The second-order valence-electron chi connectivity index (χ2n) is 5.56. The minimum absolute atomic E-state index is 0.799. The molecule has 0 aromatic heterocycles. The molecule has 0 aliphatic heterocycles. The van der Waals surface area contributed by atoms with Gasteiger partial charge in [0.25, 0.3) is 0 Å². The predicted octanol–water partition coefficient (Wildman–Crippen LogP) is 4.39. The molecule has 1 rings (SSSR count). The molecule has 1 aromatic rings. The largest absolute Gasteiger partial charge is 0.494 e. The first-order valence-electron chi connectivity index (χ1n) is 7.64. The van der Waals surface area contributed by atoms with E-state index in [1.165, 1.54) is 24.8 Å². The maximum atomic E-state index is 5.57. The molecule has 0 radical (unpaired) electrons. The first-order chi connectivity index (χ1) is 9.22. The fraction of sp³-hybridized carbons (Fsp3) is 0.647. The van der Waals surface area contributed by atoms with Crippen LogP contribution in [0.25, 0.3) is 0 Å². The third-order valence-corrected chi connectivity index (χ3v) is 3.11. The van der Waals surface area contributed by atoms with Gasteiger partial charge in [0.05, 0.1) is 6.61 Å². The minimum atomic E-state index is 0.799. The van der Waals surface area contributed by atoms with Crippen molar-refractivity contribution in [1.29, 1.82) is 0 Å². The lowest BCUT2D eigenvalue weighted by Gasteiger charge is -2.08. The van der Waals surface area contributed by atoms with E-state index in [9.17, 15) is 0 Å². The molecule has 0 spiro atoms. The molecule has 19 heavy (non-hydrogen) atoms. The lowest BCUT2D eigenvalue weighted by Crippen LogP contribution is -2.14. The highest BCUT2D eigenvalue weighted by atomic mass is 16.5. The van der Waals surface area contributed by atoms with Crippen LogP contribution in [0.5, 0.6) is 5.75 Å². The molecule has 0 saturated carbocycles. The first kappa shape index (κ1) is 16.0. The summed E-state index contributed by atoms with van der Waals surface area (Å²) in [5, 5.41) is 3.50. The fourth-order valence-corrected chi connectivity index (χ4v) is 1.96. The van der Waals surface area contributed by atoms with E-state index in [2.05, 4.69) is 50.4 Å². The van der Waals surface area contributed by atoms with E-state index < -0.39 is 0 Å². The molecule has 1 aromatic carbocycles. The Balaban J connectivity index is 2.12. The van der Waals surface area contributed by atoms with Gasteiger partial charge in [0.1, 0.15) is 5.75 Å². The summed E-state index contributed by atoms with van der Waals surface area (Å²) in [6.07, 6.45) is 5.00. The van der Waals surface area contributed by atoms with Crippen molar-refractivity contribution in [2.45, 2.75) is 53.0 Å². The van der Waals surface area contributed by atoms with Gasteiger partial charge in [-0.25, -0.2) is 0 Å². The maximum absolute atomic E-state index is 5.57. The van der Waals surface area contributed by atoms with E-state index in [0.717, 1.165) is 37.8 Å². The van der Waals surface area contributed by atoms with Crippen LogP contribution in [-0.4, -0.2) is 13.2 Å². The average molecular weight is 263 g/mol. The zero-order chi connectivity index (χ0) is 13.9. The topological polar surface area (TPSA) is 21.3 Å². The van der Waals surface area contributed by atoms with Gasteiger partial charge < -0.3 is 10.1 Å². The molecule has 2 heteroatoms. The molecule has 0 atom stereocenters. The highest BCUT2D eigenvalue weighted by molar-refractivity contribution is 5.27. The van der Waals surface area contributed by atoms with Gasteiger partial charge in [-0.2, -0.15) is 0 Å². The molecule has 0 fully saturated rings. The van der Waals surface area contributed by atoms with Crippen LogP contribution in [-0.2, 0) is 6.54 Å². The third kappa shape index (κ3) is 7.89. The lowest BCUT2D eigenvalue weighted by atomic mass is 10.1. The predicted molar refractivity (Wildman–Crippen MR) is 82.6 cm³/mol. The monoisotopic (exact) mass is 263 g/mol. The molecule has 1 N–H and O–H groups in total. The standard InChI is InChI=1S/C17H29NO/c1-4-13-19-17-10-8-16(9-11-17)14-18-12-6-5-7-15(2)3/h8-11,15,18H,4-7,12-14H2,1-3H3. The van der Waals surface area contributed by atoms with Crippen LogP contribution in [0.3, 0.4) is 0 Å². The molecule has 0 bridgehead atoms. The molecule has 2 nitrogen and oxygen atoms in total. The number of rotatable bonds is 10. The van der Waals surface area contributed by atoms with Gasteiger partial charge in [-0.1, -0.05) is 45.7 Å². The molecular weight excluding hydrogens is 234 g/mol. The minimum Gasteiger partial charge on any atom is -0.494 e. The van der Waals surface area contributed by atoms with Crippen molar-refractivity contribution >= 4 is 0 Å². The quantitative estimate of drug-likeness (QED) is 0.632. The highest BCUT2D eigenvalue weighted by Crippen LogP contribution is 2.12. The Bertz CT molecular complexity index is 319. The third-order valence-electron chi connectivity index (χ3n) is 3.11. The van der Waals surface area contributed by atoms with Gasteiger partial charge >= 0.3 is 0 Å². The van der Waals surface area contributed by atoms with Crippen molar-refractivity contribution in [2.24, 2.45) is 5.92 Å². The number of hydrogen-bond donors (Lipinski definition) is 1. The van der Waals surface area contributed by atoms with Crippen LogP contribution in [0.15, 0.2) is 24.3 Å². The van der Waals surface area contributed by atoms with E-state index >= 15 is 0 Å². The summed E-state index contributed by atoms with van der Waals surface area (Å²) < 4.78 is 5.57. The van der Waals surface area contributed by atoms with Crippen molar-refractivity contribution in [1.82, 2.24) is 5.32 Å². The van der Waals surface area contributed by atoms with Crippen LogP contribution in [0.2, 0.25) is 0 Å². The fourth-order valence-electron chi connectivity index (χ4n) is 1.96. The first-order valence-corrected chi connectivity index (χ1v) is 7.64. The normalized spacial score (nSPS) is 10.9. The van der Waals surface area contributed by atoms with Gasteiger partial charge in [-0.3, -0.25) is 0 Å². The van der Waals surface area contributed by atoms with Gasteiger partial charge in [-0.15, -0.1) is 0 Å². The van der Waals surface area contributed by atoms with Gasteiger partial charge in [0, 0.05) is 6.54 Å².